The summed E-state index contributed by atoms with van der Waals surface area (Å²) in [5.74, 6) is 0.429. The Kier molecular flexibility index (Phi) is 3.14. The first-order valence-corrected chi connectivity index (χ1v) is 5.47. The molecule has 1 aliphatic rings. The van der Waals surface area contributed by atoms with Gasteiger partial charge >= 0.3 is 0 Å². The highest BCUT2D eigenvalue weighted by molar-refractivity contribution is 5.07. The molecular weight excluding hydrogens is 174 g/mol. The molecule has 2 nitrogen and oxygen atoms in total. The topological polar surface area (TPSA) is 33.1 Å². The second kappa shape index (κ2) is 4.56. The number of pyridine rings is 1. The monoisotopic (exact) mass is 191 g/mol. The standard InChI is InChI=1S/C12H17NO/c14-12(10-6-2-1-3-7-10)11-8-4-5-9-13-11/h4-5,8-10,12,14H,1-3,6-7H2/t12-/m1/s1. The van der Waals surface area contributed by atoms with E-state index in [9.17, 15) is 5.11 Å². The molecule has 1 heterocycles. The Hall–Kier alpha value is -0.890. The number of aromatic nitrogens is 1. The summed E-state index contributed by atoms with van der Waals surface area (Å²) in [5, 5.41) is 10.1. The number of aliphatic hydroxyl groups is 1. The first-order valence-electron chi connectivity index (χ1n) is 5.47. The largest absolute Gasteiger partial charge is 0.387 e. The first-order chi connectivity index (χ1) is 6.88. The molecule has 1 atom stereocenters. The molecule has 0 bridgehead atoms. The normalized spacial score (nSPS) is 20.6. The van der Waals surface area contributed by atoms with Crippen LogP contribution in [0.3, 0.4) is 0 Å². The lowest BCUT2D eigenvalue weighted by Crippen LogP contribution is -2.16. The Labute approximate surface area is 85.0 Å². The van der Waals surface area contributed by atoms with Gasteiger partial charge in [-0.2, -0.15) is 0 Å². The minimum absolute atomic E-state index is 0.350. The third kappa shape index (κ3) is 2.13. The first kappa shape index (κ1) is 9.66. The molecule has 0 aromatic carbocycles. The molecule has 1 fully saturated rings. The van der Waals surface area contributed by atoms with Crippen LogP contribution in [0.1, 0.15) is 43.9 Å². The molecular formula is C12H17NO. The lowest BCUT2D eigenvalue weighted by molar-refractivity contribution is 0.0811. The second-order valence-corrected chi connectivity index (χ2v) is 4.10. The van der Waals surface area contributed by atoms with Crippen molar-refractivity contribution in [3.63, 3.8) is 0 Å². The summed E-state index contributed by atoms with van der Waals surface area (Å²) in [4.78, 5) is 4.20. The van der Waals surface area contributed by atoms with Gasteiger partial charge in [-0.1, -0.05) is 25.3 Å². The zero-order valence-electron chi connectivity index (χ0n) is 8.39. The Morgan fingerprint density at radius 3 is 2.64 bits per heavy atom. The lowest BCUT2D eigenvalue weighted by Gasteiger charge is -2.25. The van der Waals surface area contributed by atoms with Gasteiger partial charge in [0, 0.05) is 6.20 Å². The molecule has 1 saturated carbocycles. The van der Waals surface area contributed by atoms with Gasteiger partial charge in [0.05, 0.1) is 11.8 Å². The van der Waals surface area contributed by atoms with Crippen molar-refractivity contribution >= 4 is 0 Å². The summed E-state index contributed by atoms with van der Waals surface area (Å²) < 4.78 is 0. The third-order valence-electron chi connectivity index (χ3n) is 3.09. The molecule has 1 aromatic rings. The van der Waals surface area contributed by atoms with Crippen LogP contribution in [0.15, 0.2) is 24.4 Å². The molecule has 1 aliphatic carbocycles. The summed E-state index contributed by atoms with van der Waals surface area (Å²) in [6, 6.07) is 5.74. The van der Waals surface area contributed by atoms with Crippen molar-refractivity contribution in [2.45, 2.75) is 38.2 Å². The minimum atomic E-state index is -0.350. The Balaban J connectivity index is 2.03. The summed E-state index contributed by atoms with van der Waals surface area (Å²) in [5.41, 5.74) is 0.833. The van der Waals surface area contributed by atoms with E-state index in [1.807, 2.05) is 18.2 Å². The van der Waals surface area contributed by atoms with Crippen LogP contribution in [0.2, 0.25) is 0 Å². The number of hydrogen-bond acceptors (Lipinski definition) is 2. The van der Waals surface area contributed by atoms with Gasteiger partial charge in [0.2, 0.25) is 0 Å². The number of aliphatic hydroxyl groups excluding tert-OH is 1. The SMILES string of the molecule is O[C@@H](c1ccccn1)C1CCCCC1. The predicted octanol–water partition coefficient (Wildman–Crippen LogP) is 2.70. The van der Waals surface area contributed by atoms with Gasteiger partial charge < -0.3 is 5.11 Å². The highest BCUT2D eigenvalue weighted by Crippen LogP contribution is 2.33. The summed E-state index contributed by atoms with van der Waals surface area (Å²) in [6.07, 6.45) is 7.54. The maximum Gasteiger partial charge on any atom is 0.0987 e. The minimum Gasteiger partial charge on any atom is -0.387 e. The molecule has 0 amide bonds. The van der Waals surface area contributed by atoms with Crippen molar-refractivity contribution in [1.29, 1.82) is 0 Å². The van der Waals surface area contributed by atoms with Crippen molar-refractivity contribution in [2.24, 2.45) is 5.92 Å². The molecule has 0 radical (unpaired) electrons. The molecule has 2 heteroatoms. The highest BCUT2D eigenvalue weighted by atomic mass is 16.3. The van der Waals surface area contributed by atoms with Crippen molar-refractivity contribution in [3.05, 3.63) is 30.1 Å². The van der Waals surface area contributed by atoms with Crippen LogP contribution in [-0.4, -0.2) is 10.1 Å². The van der Waals surface area contributed by atoms with E-state index in [0.29, 0.717) is 5.92 Å². The van der Waals surface area contributed by atoms with Crippen molar-refractivity contribution < 1.29 is 5.11 Å². The van der Waals surface area contributed by atoms with Gasteiger partial charge in [0.25, 0.3) is 0 Å². The van der Waals surface area contributed by atoms with E-state index in [2.05, 4.69) is 4.98 Å². The van der Waals surface area contributed by atoms with Crippen LogP contribution < -0.4 is 0 Å². The van der Waals surface area contributed by atoms with Gasteiger partial charge in [-0.05, 0) is 30.9 Å². The Morgan fingerprint density at radius 1 is 1.21 bits per heavy atom. The van der Waals surface area contributed by atoms with Crippen molar-refractivity contribution in [1.82, 2.24) is 4.98 Å². The zero-order chi connectivity index (χ0) is 9.80. The fraction of sp³-hybridized carbons (Fsp3) is 0.583. The van der Waals surface area contributed by atoms with Crippen molar-refractivity contribution in [2.75, 3.05) is 0 Å². The second-order valence-electron chi connectivity index (χ2n) is 4.10. The van der Waals surface area contributed by atoms with Crippen LogP contribution >= 0.6 is 0 Å². The van der Waals surface area contributed by atoms with Crippen LogP contribution in [0.4, 0.5) is 0 Å². The van der Waals surface area contributed by atoms with Crippen molar-refractivity contribution in [3.8, 4) is 0 Å². The molecule has 76 valence electrons. The lowest BCUT2D eigenvalue weighted by atomic mass is 9.84. The van der Waals surface area contributed by atoms with Crippen LogP contribution in [0.25, 0.3) is 0 Å². The van der Waals surface area contributed by atoms with E-state index in [4.69, 9.17) is 0 Å². The number of rotatable bonds is 2. The van der Waals surface area contributed by atoms with Gasteiger partial charge in [-0.25, -0.2) is 0 Å². The maximum absolute atomic E-state index is 10.1. The van der Waals surface area contributed by atoms with Crippen LogP contribution in [0, 0.1) is 5.92 Å². The van der Waals surface area contributed by atoms with Crippen LogP contribution in [-0.2, 0) is 0 Å². The van der Waals surface area contributed by atoms with Gasteiger partial charge in [-0.3, -0.25) is 4.98 Å². The molecule has 1 N–H and O–H groups in total. The fourth-order valence-electron chi connectivity index (χ4n) is 2.24. The average molecular weight is 191 g/mol. The van der Waals surface area contributed by atoms with E-state index in [0.717, 1.165) is 18.5 Å². The van der Waals surface area contributed by atoms with Gasteiger partial charge in [0.15, 0.2) is 0 Å². The molecule has 0 aliphatic heterocycles. The highest BCUT2D eigenvalue weighted by Gasteiger charge is 2.23. The molecule has 0 spiro atoms. The Morgan fingerprint density at radius 2 is 2.00 bits per heavy atom. The van der Waals surface area contributed by atoms with E-state index in [1.165, 1.54) is 19.3 Å². The predicted molar refractivity (Wildman–Crippen MR) is 55.8 cm³/mol. The van der Waals surface area contributed by atoms with E-state index >= 15 is 0 Å². The molecule has 2 rings (SSSR count). The zero-order valence-corrected chi connectivity index (χ0v) is 8.39. The van der Waals surface area contributed by atoms with Gasteiger partial charge in [0.1, 0.15) is 0 Å². The smallest absolute Gasteiger partial charge is 0.0987 e. The fourth-order valence-corrected chi connectivity index (χ4v) is 2.24. The summed E-state index contributed by atoms with van der Waals surface area (Å²) in [7, 11) is 0. The molecule has 0 saturated heterocycles. The summed E-state index contributed by atoms with van der Waals surface area (Å²) in [6.45, 7) is 0. The van der Waals surface area contributed by atoms with E-state index in [-0.39, 0.29) is 6.10 Å². The molecule has 1 aromatic heterocycles. The number of hydrogen-bond donors (Lipinski definition) is 1. The molecule has 0 unspecified atom stereocenters. The Bertz CT molecular complexity index is 267. The van der Waals surface area contributed by atoms with Crippen LogP contribution in [0.5, 0.6) is 0 Å². The third-order valence-corrected chi connectivity index (χ3v) is 3.09. The molecule has 14 heavy (non-hydrogen) atoms. The van der Waals surface area contributed by atoms with E-state index in [1.54, 1.807) is 6.20 Å². The maximum atomic E-state index is 10.1. The van der Waals surface area contributed by atoms with Gasteiger partial charge in [-0.15, -0.1) is 0 Å². The number of nitrogens with zero attached hydrogens (tertiary/aromatic N) is 1. The quantitative estimate of drug-likeness (QED) is 0.779. The average Bonchev–Trinajstić information content (AvgIpc) is 2.30. The summed E-state index contributed by atoms with van der Waals surface area (Å²) >= 11 is 0. The van der Waals surface area contributed by atoms with E-state index < -0.39 is 0 Å².